The van der Waals surface area contributed by atoms with Crippen molar-refractivity contribution in [2.24, 2.45) is 5.73 Å². The molecule has 4 atom stereocenters. The van der Waals surface area contributed by atoms with E-state index in [1.807, 2.05) is 0 Å². The molecule has 1 amide bonds. The Bertz CT molecular complexity index is 819. The third-order valence-corrected chi connectivity index (χ3v) is 4.17. The number of hydrogen-bond donors (Lipinski definition) is 6. The molecule has 0 saturated carbocycles. The summed E-state index contributed by atoms with van der Waals surface area (Å²) in [5, 5.41) is 30.2. The topological polar surface area (TPSA) is 196 Å². The van der Waals surface area contributed by atoms with Crippen LogP contribution in [0.5, 0.6) is 0 Å². The molecule has 1 aliphatic rings. The summed E-state index contributed by atoms with van der Waals surface area (Å²) in [6.45, 7) is 0.830. The van der Waals surface area contributed by atoms with Crippen molar-refractivity contribution in [3.05, 3.63) is 11.8 Å². The summed E-state index contributed by atoms with van der Waals surface area (Å²) in [4.78, 5) is 19.5. The first-order valence-corrected chi connectivity index (χ1v) is 7.08. The first-order chi connectivity index (χ1) is 11.2. The standard InChI is InChI=1S/C13H18N6O5/c1-13(23)7(21)5(3-20)24-11(13)19-2-4(9(15)22)6-8(14)17-12(16)18-10(6)19/h2,5,7,11,20-21,23H,3H2,1H3,(H2,15,22)(H4,14,16,17,18)/t5-,7-,11-,13-/m0/s1. The number of ether oxygens (including phenoxy) is 1. The molecule has 0 aliphatic carbocycles. The molecule has 3 rings (SSSR count). The van der Waals surface area contributed by atoms with E-state index in [0.717, 1.165) is 0 Å². The van der Waals surface area contributed by atoms with Crippen molar-refractivity contribution < 1.29 is 24.9 Å². The molecule has 9 N–H and O–H groups in total. The molecule has 0 radical (unpaired) electrons. The predicted octanol–water partition coefficient (Wildman–Crippen LogP) is -2.30. The zero-order valence-corrected chi connectivity index (χ0v) is 12.7. The number of nitrogen functional groups attached to an aromatic ring is 2. The van der Waals surface area contributed by atoms with Crippen LogP contribution in [0, 0.1) is 0 Å². The first kappa shape index (κ1) is 16.4. The van der Waals surface area contributed by atoms with Crippen LogP contribution in [0.1, 0.15) is 23.5 Å². The van der Waals surface area contributed by atoms with Crippen LogP contribution in [0.2, 0.25) is 0 Å². The van der Waals surface area contributed by atoms with Gasteiger partial charge in [-0.1, -0.05) is 0 Å². The lowest BCUT2D eigenvalue weighted by molar-refractivity contribution is -0.0948. The average molecular weight is 338 g/mol. The van der Waals surface area contributed by atoms with Gasteiger partial charge in [0.1, 0.15) is 23.6 Å². The third kappa shape index (κ3) is 2.17. The van der Waals surface area contributed by atoms with Crippen molar-refractivity contribution in [3.63, 3.8) is 0 Å². The summed E-state index contributed by atoms with van der Waals surface area (Å²) >= 11 is 0. The lowest BCUT2D eigenvalue weighted by Gasteiger charge is -2.27. The minimum Gasteiger partial charge on any atom is -0.394 e. The highest BCUT2D eigenvalue weighted by molar-refractivity contribution is 6.09. The van der Waals surface area contributed by atoms with Crippen LogP contribution in [-0.4, -0.2) is 60.2 Å². The minimum absolute atomic E-state index is 0.0174. The number of anilines is 2. The Hall–Kier alpha value is -2.47. The van der Waals surface area contributed by atoms with E-state index in [1.54, 1.807) is 0 Å². The number of fused-ring (bicyclic) bond motifs is 1. The fourth-order valence-corrected chi connectivity index (χ4v) is 2.95. The Balaban J connectivity index is 2.25. The number of amides is 1. The Labute approximate surface area is 135 Å². The smallest absolute Gasteiger partial charge is 0.251 e. The van der Waals surface area contributed by atoms with Gasteiger partial charge in [0, 0.05) is 6.20 Å². The first-order valence-electron chi connectivity index (χ1n) is 7.08. The molecule has 1 aliphatic heterocycles. The lowest BCUT2D eigenvalue weighted by Crippen LogP contribution is -2.44. The number of nitrogens with two attached hydrogens (primary N) is 3. The number of carbonyl (C=O) groups is 1. The summed E-state index contributed by atoms with van der Waals surface area (Å²) in [5.41, 5.74) is 15.1. The SMILES string of the molecule is C[C@@]1(O)[C@@H](n2cc(C(N)=O)c3c(N)nc(N)nc32)O[C@@H](CO)[C@@H]1O. The van der Waals surface area contributed by atoms with Crippen molar-refractivity contribution in [2.75, 3.05) is 18.1 Å². The van der Waals surface area contributed by atoms with Gasteiger partial charge in [-0.2, -0.15) is 9.97 Å². The molecule has 11 nitrogen and oxygen atoms in total. The van der Waals surface area contributed by atoms with Crippen molar-refractivity contribution in [1.29, 1.82) is 0 Å². The second kappa shape index (κ2) is 5.27. The van der Waals surface area contributed by atoms with Gasteiger partial charge in [-0.3, -0.25) is 4.79 Å². The van der Waals surface area contributed by atoms with Crippen molar-refractivity contribution >= 4 is 28.7 Å². The fraction of sp³-hybridized carbons (Fsp3) is 0.462. The van der Waals surface area contributed by atoms with Crippen LogP contribution >= 0.6 is 0 Å². The van der Waals surface area contributed by atoms with Crippen LogP contribution in [0.15, 0.2) is 6.20 Å². The van der Waals surface area contributed by atoms with E-state index in [0.29, 0.717) is 0 Å². The molecule has 0 spiro atoms. The summed E-state index contributed by atoms with van der Waals surface area (Å²) in [6, 6.07) is 0. The molecule has 130 valence electrons. The highest BCUT2D eigenvalue weighted by Crippen LogP contribution is 2.40. The molecule has 1 fully saturated rings. The van der Waals surface area contributed by atoms with E-state index >= 15 is 0 Å². The quantitative estimate of drug-likeness (QED) is 0.356. The molecule has 0 bridgehead atoms. The summed E-state index contributed by atoms with van der Waals surface area (Å²) < 4.78 is 6.82. The molecule has 1 saturated heterocycles. The van der Waals surface area contributed by atoms with E-state index in [2.05, 4.69) is 9.97 Å². The zero-order valence-electron chi connectivity index (χ0n) is 12.7. The Morgan fingerprint density at radius 2 is 2.12 bits per heavy atom. The number of nitrogens with zero attached hydrogens (tertiary/aromatic N) is 3. The molecular formula is C13H18N6O5. The molecule has 3 heterocycles. The summed E-state index contributed by atoms with van der Waals surface area (Å²) in [5.74, 6) is -0.982. The van der Waals surface area contributed by atoms with Crippen LogP contribution < -0.4 is 17.2 Å². The van der Waals surface area contributed by atoms with Gasteiger partial charge >= 0.3 is 0 Å². The Kier molecular flexibility index (Phi) is 3.60. The zero-order chi connectivity index (χ0) is 17.8. The summed E-state index contributed by atoms with van der Waals surface area (Å²) in [7, 11) is 0. The number of hydrogen-bond acceptors (Lipinski definition) is 9. The molecule has 0 aromatic carbocycles. The highest BCUT2D eigenvalue weighted by atomic mass is 16.6. The second-order valence-corrected chi connectivity index (χ2v) is 5.86. The fourth-order valence-electron chi connectivity index (χ4n) is 2.95. The average Bonchev–Trinajstić information content (AvgIpc) is 2.96. The maximum absolute atomic E-state index is 11.7. The molecule has 2 aromatic rings. The lowest BCUT2D eigenvalue weighted by atomic mass is 9.96. The maximum Gasteiger partial charge on any atom is 0.251 e. The second-order valence-electron chi connectivity index (χ2n) is 5.86. The molecular weight excluding hydrogens is 320 g/mol. The van der Waals surface area contributed by atoms with E-state index in [-0.39, 0.29) is 28.4 Å². The monoisotopic (exact) mass is 338 g/mol. The van der Waals surface area contributed by atoms with Gasteiger partial charge in [0.2, 0.25) is 5.95 Å². The van der Waals surface area contributed by atoms with Gasteiger partial charge in [0.25, 0.3) is 5.91 Å². The predicted molar refractivity (Wildman–Crippen MR) is 82.5 cm³/mol. The van der Waals surface area contributed by atoms with Crippen molar-refractivity contribution in [3.8, 4) is 0 Å². The Morgan fingerprint density at radius 3 is 2.67 bits per heavy atom. The Morgan fingerprint density at radius 1 is 1.46 bits per heavy atom. The highest BCUT2D eigenvalue weighted by Gasteiger charge is 2.53. The van der Waals surface area contributed by atoms with Gasteiger partial charge in [-0.15, -0.1) is 0 Å². The number of primary amides is 1. The molecule has 24 heavy (non-hydrogen) atoms. The molecule has 0 unspecified atom stereocenters. The van der Waals surface area contributed by atoms with E-state index in [1.165, 1.54) is 17.7 Å². The minimum atomic E-state index is -1.78. The van der Waals surface area contributed by atoms with Crippen LogP contribution in [0.25, 0.3) is 11.0 Å². The van der Waals surface area contributed by atoms with Crippen LogP contribution in [-0.2, 0) is 4.74 Å². The molecule has 11 heteroatoms. The number of rotatable bonds is 3. The van der Waals surface area contributed by atoms with Gasteiger partial charge < -0.3 is 41.8 Å². The van der Waals surface area contributed by atoms with E-state index in [9.17, 15) is 20.1 Å². The van der Waals surface area contributed by atoms with Gasteiger partial charge in [-0.25, -0.2) is 0 Å². The molecule has 2 aromatic heterocycles. The summed E-state index contributed by atoms with van der Waals surface area (Å²) in [6.07, 6.45) is -2.24. The number of aromatic nitrogens is 3. The van der Waals surface area contributed by atoms with Crippen LogP contribution in [0.3, 0.4) is 0 Å². The largest absolute Gasteiger partial charge is 0.394 e. The van der Waals surface area contributed by atoms with Gasteiger partial charge in [0.15, 0.2) is 11.9 Å². The van der Waals surface area contributed by atoms with Gasteiger partial charge in [-0.05, 0) is 6.92 Å². The number of carbonyl (C=O) groups excluding carboxylic acids is 1. The van der Waals surface area contributed by atoms with Gasteiger partial charge in [0.05, 0.1) is 17.6 Å². The van der Waals surface area contributed by atoms with Crippen LogP contribution in [0.4, 0.5) is 11.8 Å². The van der Waals surface area contributed by atoms with E-state index in [4.69, 9.17) is 21.9 Å². The number of aliphatic hydroxyl groups excluding tert-OH is 2. The van der Waals surface area contributed by atoms with Crippen molar-refractivity contribution in [2.45, 2.75) is 31.0 Å². The third-order valence-electron chi connectivity index (χ3n) is 4.17. The normalized spacial score (nSPS) is 30.1. The maximum atomic E-state index is 11.7. The van der Waals surface area contributed by atoms with Crippen molar-refractivity contribution in [1.82, 2.24) is 14.5 Å². The van der Waals surface area contributed by atoms with E-state index < -0.39 is 36.6 Å². The number of aliphatic hydroxyl groups is 3.